The first-order valence-electron chi connectivity index (χ1n) is 6.39. The van der Waals surface area contributed by atoms with Crippen LogP contribution in [0.5, 0.6) is 0 Å². The molecule has 0 aliphatic carbocycles. The van der Waals surface area contributed by atoms with Crippen LogP contribution >= 0.6 is 0 Å². The van der Waals surface area contributed by atoms with E-state index in [1.54, 1.807) is 27.7 Å². The molecular weight excluding hydrogens is 262 g/mol. The molecule has 20 heavy (non-hydrogen) atoms. The molecule has 7 heteroatoms. The van der Waals surface area contributed by atoms with E-state index in [1.807, 2.05) is 0 Å². The van der Waals surface area contributed by atoms with Crippen molar-refractivity contribution in [3.8, 4) is 0 Å². The second-order valence-corrected chi connectivity index (χ2v) is 5.47. The Kier molecular flexibility index (Phi) is 4.54. The van der Waals surface area contributed by atoms with Gasteiger partial charge in [-0.3, -0.25) is 14.5 Å². The minimum absolute atomic E-state index is 0.0265. The highest BCUT2D eigenvalue weighted by Crippen LogP contribution is 2.21. The molecule has 1 rings (SSSR count). The van der Waals surface area contributed by atoms with Gasteiger partial charge in [-0.15, -0.1) is 0 Å². The predicted molar refractivity (Wildman–Crippen MR) is 71.8 cm³/mol. The van der Waals surface area contributed by atoms with E-state index in [-0.39, 0.29) is 5.70 Å². The first-order valence-corrected chi connectivity index (χ1v) is 6.39. The van der Waals surface area contributed by atoms with Gasteiger partial charge < -0.3 is 15.4 Å². The number of ether oxygens (including phenoxy) is 1. The molecule has 0 bridgehead atoms. The van der Waals surface area contributed by atoms with Crippen molar-refractivity contribution in [3.05, 3.63) is 11.9 Å². The zero-order chi connectivity index (χ0) is 15.7. The number of amides is 2. The fourth-order valence-electron chi connectivity index (χ4n) is 1.80. The van der Waals surface area contributed by atoms with Crippen molar-refractivity contribution >= 4 is 17.8 Å². The van der Waals surface area contributed by atoms with E-state index in [0.717, 1.165) is 4.90 Å². The van der Waals surface area contributed by atoms with Crippen LogP contribution in [-0.2, 0) is 19.1 Å². The number of carbonyl (C=O) groups is 3. The van der Waals surface area contributed by atoms with Gasteiger partial charge in [-0.25, -0.2) is 4.79 Å². The van der Waals surface area contributed by atoms with Gasteiger partial charge in [0.2, 0.25) is 5.91 Å². The van der Waals surface area contributed by atoms with Gasteiger partial charge in [0.05, 0.1) is 0 Å². The SMILES string of the molecule is CCN1C=C(C(=O)OC(C)(C)C)N(C(C)=O)C(N)C1=O. The van der Waals surface area contributed by atoms with E-state index >= 15 is 0 Å². The van der Waals surface area contributed by atoms with Gasteiger partial charge >= 0.3 is 5.97 Å². The Labute approximate surface area is 118 Å². The Hall–Kier alpha value is -1.89. The summed E-state index contributed by atoms with van der Waals surface area (Å²) < 4.78 is 5.24. The number of hydrogen-bond donors (Lipinski definition) is 1. The Morgan fingerprint density at radius 1 is 1.40 bits per heavy atom. The van der Waals surface area contributed by atoms with E-state index in [9.17, 15) is 14.4 Å². The summed E-state index contributed by atoms with van der Waals surface area (Å²) in [5.74, 6) is -1.61. The number of nitrogens with zero attached hydrogens (tertiary/aromatic N) is 2. The van der Waals surface area contributed by atoms with Crippen molar-refractivity contribution in [3.63, 3.8) is 0 Å². The van der Waals surface area contributed by atoms with Crippen LogP contribution in [0.2, 0.25) is 0 Å². The molecule has 1 aliphatic heterocycles. The molecule has 112 valence electrons. The average molecular weight is 283 g/mol. The molecule has 0 aromatic carbocycles. The van der Waals surface area contributed by atoms with Crippen LogP contribution in [0.25, 0.3) is 0 Å². The number of likely N-dealkylation sites (N-methyl/N-ethyl adjacent to an activating group) is 1. The summed E-state index contributed by atoms with van der Waals surface area (Å²) in [7, 11) is 0. The maximum atomic E-state index is 12.2. The Morgan fingerprint density at radius 2 is 1.95 bits per heavy atom. The summed E-state index contributed by atoms with van der Waals surface area (Å²) in [6.07, 6.45) is 0.0984. The molecule has 0 aromatic rings. The van der Waals surface area contributed by atoms with Gasteiger partial charge in [-0.1, -0.05) is 0 Å². The molecule has 0 fully saturated rings. The minimum atomic E-state index is -1.21. The van der Waals surface area contributed by atoms with Gasteiger partial charge in [0.15, 0.2) is 6.17 Å². The summed E-state index contributed by atoms with van der Waals surface area (Å²) in [6, 6.07) is 0. The van der Waals surface area contributed by atoms with E-state index in [0.29, 0.717) is 6.54 Å². The molecule has 2 N–H and O–H groups in total. The molecule has 0 aromatic heterocycles. The molecule has 1 heterocycles. The van der Waals surface area contributed by atoms with Gasteiger partial charge in [0.1, 0.15) is 11.3 Å². The molecule has 2 amide bonds. The molecule has 0 radical (unpaired) electrons. The standard InChI is InChI=1S/C13H21N3O4/c1-6-15-7-9(12(19)20-13(3,4)5)16(8(2)17)10(14)11(15)18/h7,10H,6,14H2,1-5H3. The lowest BCUT2D eigenvalue weighted by Crippen LogP contribution is -2.58. The number of carbonyl (C=O) groups excluding carboxylic acids is 3. The molecular formula is C13H21N3O4. The van der Waals surface area contributed by atoms with Crippen molar-refractivity contribution < 1.29 is 19.1 Å². The number of esters is 1. The average Bonchev–Trinajstić information content (AvgIpc) is 2.29. The second-order valence-electron chi connectivity index (χ2n) is 5.47. The molecule has 0 saturated carbocycles. The van der Waals surface area contributed by atoms with E-state index in [1.165, 1.54) is 18.0 Å². The zero-order valence-corrected chi connectivity index (χ0v) is 12.5. The van der Waals surface area contributed by atoms with Gasteiger partial charge in [0.25, 0.3) is 5.91 Å². The summed E-state index contributed by atoms with van der Waals surface area (Å²) in [4.78, 5) is 38.0. The first kappa shape index (κ1) is 16.2. The number of hydrogen-bond acceptors (Lipinski definition) is 5. The Morgan fingerprint density at radius 3 is 2.35 bits per heavy atom. The van der Waals surface area contributed by atoms with Crippen molar-refractivity contribution in [2.75, 3.05) is 6.54 Å². The van der Waals surface area contributed by atoms with E-state index < -0.39 is 29.6 Å². The summed E-state index contributed by atoms with van der Waals surface area (Å²) >= 11 is 0. The second kappa shape index (κ2) is 5.62. The molecule has 1 unspecified atom stereocenters. The third kappa shape index (κ3) is 3.36. The predicted octanol–water partition coefficient (Wildman–Crippen LogP) is 0.165. The third-order valence-electron chi connectivity index (χ3n) is 2.64. The largest absolute Gasteiger partial charge is 0.455 e. The van der Waals surface area contributed by atoms with Crippen LogP contribution < -0.4 is 5.73 Å². The normalized spacial score (nSPS) is 19.8. The third-order valence-corrected chi connectivity index (χ3v) is 2.64. The lowest BCUT2D eigenvalue weighted by molar-refractivity contribution is -0.157. The quantitative estimate of drug-likeness (QED) is 0.729. The van der Waals surface area contributed by atoms with Crippen molar-refractivity contribution in [1.82, 2.24) is 9.80 Å². The minimum Gasteiger partial charge on any atom is -0.455 e. The van der Waals surface area contributed by atoms with Crippen LogP contribution in [0.4, 0.5) is 0 Å². The maximum Gasteiger partial charge on any atom is 0.357 e. The fraction of sp³-hybridized carbons (Fsp3) is 0.615. The highest BCUT2D eigenvalue weighted by Gasteiger charge is 2.39. The maximum absolute atomic E-state index is 12.2. The summed E-state index contributed by atoms with van der Waals surface area (Å²) in [5, 5.41) is 0. The fourth-order valence-corrected chi connectivity index (χ4v) is 1.80. The summed E-state index contributed by atoms with van der Waals surface area (Å²) in [6.45, 7) is 8.49. The van der Waals surface area contributed by atoms with Gasteiger partial charge in [0, 0.05) is 19.7 Å². The molecule has 1 aliphatic rings. The van der Waals surface area contributed by atoms with E-state index in [2.05, 4.69) is 0 Å². The number of nitrogens with two attached hydrogens (primary N) is 1. The first-order chi connectivity index (χ1) is 9.08. The smallest absolute Gasteiger partial charge is 0.357 e. The Balaban J connectivity index is 3.19. The lowest BCUT2D eigenvalue weighted by atomic mass is 10.2. The molecule has 0 saturated heterocycles. The Bertz CT molecular complexity index is 465. The summed E-state index contributed by atoms with van der Waals surface area (Å²) in [5.41, 5.74) is 5.01. The zero-order valence-electron chi connectivity index (χ0n) is 12.5. The number of rotatable bonds is 2. The molecule has 7 nitrogen and oxygen atoms in total. The van der Waals surface area contributed by atoms with Crippen molar-refractivity contribution in [2.45, 2.75) is 46.4 Å². The van der Waals surface area contributed by atoms with Crippen LogP contribution in [0.1, 0.15) is 34.6 Å². The lowest BCUT2D eigenvalue weighted by Gasteiger charge is -2.36. The molecule has 0 spiro atoms. The highest BCUT2D eigenvalue weighted by molar-refractivity contribution is 5.99. The van der Waals surface area contributed by atoms with Crippen LogP contribution in [0.15, 0.2) is 11.9 Å². The molecule has 1 atom stereocenters. The van der Waals surface area contributed by atoms with E-state index in [4.69, 9.17) is 10.5 Å². The van der Waals surface area contributed by atoms with Gasteiger partial charge in [-0.2, -0.15) is 0 Å². The van der Waals surface area contributed by atoms with Gasteiger partial charge in [-0.05, 0) is 27.7 Å². The highest BCUT2D eigenvalue weighted by atomic mass is 16.6. The van der Waals surface area contributed by atoms with Crippen molar-refractivity contribution in [2.24, 2.45) is 5.73 Å². The monoisotopic (exact) mass is 283 g/mol. The van der Waals surface area contributed by atoms with Crippen LogP contribution in [0.3, 0.4) is 0 Å². The van der Waals surface area contributed by atoms with Crippen LogP contribution in [0, 0.1) is 0 Å². The van der Waals surface area contributed by atoms with Crippen molar-refractivity contribution in [1.29, 1.82) is 0 Å². The van der Waals surface area contributed by atoms with Crippen LogP contribution in [-0.4, -0.2) is 45.9 Å². The topological polar surface area (TPSA) is 92.9 Å².